The molecular weight excluding hydrogens is 928 g/mol. The van der Waals surface area contributed by atoms with Crippen LogP contribution in [0.4, 0.5) is 68.2 Å². The number of hydrogen-bond donors (Lipinski definition) is 0. The first-order chi connectivity index (χ1) is 38.0. The first-order valence-corrected chi connectivity index (χ1v) is 27.4. The molecule has 0 atom stereocenters. The molecule has 0 aromatic heterocycles. The predicted molar refractivity (Wildman–Crippen MR) is 330 cm³/mol. The molecule has 7 heterocycles. The summed E-state index contributed by atoms with van der Waals surface area (Å²) in [6, 6.07) is 86.1. The van der Waals surface area contributed by atoms with Gasteiger partial charge < -0.3 is 19.6 Å². The Morgan fingerprint density at radius 2 is 0.597 bits per heavy atom. The minimum Gasteiger partial charge on any atom is -0.312 e. The molecule has 8 heteroatoms. The van der Waals surface area contributed by atoms with Gasteiger partial charge in [-0.3, -0.25) is 0 Å². The number of hydrogen-bond acceptors (Lipinski definition) is 4. The van der Waals surface area contributed by atoms with Gasteiger partial charge in [0.05, 0.1) is 0 Å². The van der Waals surface area contributed by atoms with Crippen LogP contribution in [-0.2, 0) is 0 Å². The molecule has 4 nitrogen and oxygen atoms in total. The van der Waals surface area contributed by atoms with Crippen molar-refractivity contribution >= 4 is 161 Å². The summed E-state index contributed by atoms with van der Waals surface area (Å²) in [6.45, 7) is 6.86. The van der Waals surface area contributed by atoms with Crippen LogP contribution in [0.1, 0.15) is 16.7 Å². The first kappa shape index (κ1) is 42.1. The summed E-state index contributed by atoms with van der Waals surface area (Å²) in [7, 11) is 0. The normalized spacial score (nSPS) is 14.5. The molecule has 7 aliphatic heterocycles. The van der Waals surface area contributed by atoms with Gasteiger partial charge in [-0.15, -0.1) is 0 Å². The predicted octanol–water partition coefficient (Wildman–Crippen LogP) is 8.42. The molecule has 354 valence electrons. The Balaban J connectivity index is 1.03. The van der Waals surface area contributed by atoms with E-state index in [4.69, 9.17) is 0 Å². The van der Waals surface area contributed by atoms with E-state index in [1.54, 1.807) is 0 Å². The van der Waals surface area contributed by atoms with Crippen molar-refractivity contribution in [3.8, 4) is 11.1 Å². The number of benzene rings is 11. The van der Waals surface area contributed by atoms with Crippen LogP contribution in [0.15, 0.2) is 224 Å². The van der Waals surface area contributed by atoms with Crippen molar-refractivity contribution in [2.45, 2.75) is 20.8 Å². The Labute approximate surface area is 450 Å². The average molecular weight is 974 g/mol. The van der Waals surface area contributed by atoms with E-state index in [1.165, 1.54) is 156 Å². The maximum absolute atomic E-state index is 2.74. The molecule has 77 heavy (non-hydrogen) atoms. The van der Waals surface area contributed by atoms with Gasteiger partial charge in [-0.2, -0.15) is 0 Å². The molecule has 0 saturated heterocycles. The SMILES string of the molecule is Cc1cc(C)c(B2c3ccccc3N(c3ccccc3)c3cc4c(cc32)B2c3ccc(-c5ccccc5)cc3N3c5ccccc5B5c6ccccc6N6c7ccccc7B7c8ccccc8N4c4c7c6c5c3c42)c(C)c1. The van der Waals surface area contributed by atoms with Crippen molar-refractivity contribution in [3.63, 3.8) is 0 Å². The smallest absolute Gasteiger partial charge is 0.252 e. The summed E-state index contributed by atoms with van der Waals surface area (Å²) in [5, 5.41) is 0. The fourth-order valence-corrected chi connectivity index (χ4v) is 15.9. The molecule has 0 spiro atoms. The van der Waals surface area contributed by atoms with E-state index in [2.05, 4.69) is 265 Å². The Hall–Kier alpha value is -9.12. The Bertz CT molecular complexity index is 4430. The molecule has 0 saturated carbocycles. The highest BCUT2D eigenvalue weighted by molar-refractivity contribution is 7.09. The lowest BCUT2D eigenvalue weighted by atomic mass is 9.24. The van der Waals surface area contributed by atoms with Gasteiger partial charge in [0.25, 0.3) is 20.1 Å². The van der Waals surface area contributed by atoms with Gasteiger partial charge in [0.15, 0.2) is 0 Å². The zero-order valence-electron chi connectivity index (χ0n) is 43.0. The third-order valence-corrected chi connectivity index (χ3v) is 18.5. The average Bonchev–Trinajstić information content (AvgIpc) is 3.18. The standard InChI is InChI=1S/C69H46B4N4/c1-41-36-42(2)63(43(3)37-41)72-47-24-10-15-29-55(47)74(46-22-8-5-9-23-46)61-40-62-54(39-53(61)72)73-52-35-34-45(44-20-6-4-7-21-44)38-60(52)76-58-32-18-13-27-50(58)70-48-25-11-16-30-56(48)75-57-31-17-12-26-49(57)71-51-28-14-19-33-59(51)77(62)69-65(71)67(75)64(70)68(76)66(69)73/h4-40H,1-3H3. The highest BCUT2D eigenvalue weighted by atomic mass is 15.2. The lowest BCUT2D eigenvalue weighted by Crippen LogP contribution is -2.75. The van der Waals surface area contributed by atoms with Crippen molar-refractivity contribution in [1.29, 1.82) is 0 Å². The minimum atomic E-state index is -0.0861. The number of nitrogens with zero attached hydrogens (tertiary/aromatic N) is 4. The summed E-state index contributed by atoms with van der Waals surface area (Å²) in [6.07, 6.45) is 0. The van der Waals surface area contributed by atoms with Gasteiger partial charge in [-0.25, -0.2) is 0 Å². The van der Waals surface area contributed by atoms with Crippen molar-refractivity contribution in [2.24, 2.45) is 0 Å². The van der Waals surface area contributed by atoms with E-state index in [9.17, 15) is 0 Å². The van der Waals surface area contributed by atoms with Crippen LogP contribution in [0.3, 0.4) is 0 Å². The summed E-state index contributed by atoms with van der Waals surface area (Å²) in [5.41, 5.74) is 38.0. The van der Waals surface area contributed by atoms with Gasteiger partial charge in [0.2, 0.25) is 6.71 Å². The Morgan fingerprint density at radius 1 is 0.247 bits per heavy atom. The van der Waals surface area contributed by atoms with Crippen molar-refractivity contribution in [3.05, 3.63) is 241 Å². The molecule has 0 amide bonds. The minimum absolute atomic E-state index is 0.00707. The molecule has 0 fully saturated rings. The van der Waals surface area contributed by atoms with Crippen molar-refractivity contribution in [1.82, 2.24) is 0 Å². The fourth-order valence-electron chi connectivity index (χ4n) is 15.9. The molecule has 11 aromatic carbocycles. The van der Waals surface area contributed by atoms with Gasteiger partial charge >= 0.3 is 0 Å². The molecule has 0 unspecified atom stereocenters. The molecule has 18 rings (SSSR count). The van der Waals surface area contributed by atoms with Crippen LogP contribution < -0.4 is 85.2 Å². The summed E-state index contributed by atoms with van der Waals surface area (Å²) < 4.78 is 0. The topological polar surface area (TPSA) is 13.0 Å². The number of fused-ring (bicyclic) bond motifs is 20. The second-order valence-electron chi connectivity index (χ2n) is 22.4. The van der Waals surface area contributed by atoms with E-state index in [1.807, 2.05) is 0 Å². The van der Waals surface area contributed by atoms with Gasteiger partial charge in [-0.05, 0) is 147 Å². The Kier molecular flexibility index (Phi) is 8.24. The van der Waals surface area contributed by atoms with E-state index in [-0.39, 0.29) is 26.9 Å². The number of para-hydroxylation sites is 6. The van der Waals surface area contributed by atoms with Crippen LogP contribution in [-0.4, -0.2) is 26.9 Å². The van der Waals surface area contributed by atoms with Crippen LogP contribution in [0.2, 0.25) is 0 Å². The van der Waals surface area contributed by atoms with Gasteiger partial charge in [-0.1, -0.05) is 192 Å². The summed E-state index contributed by atoms with van der Waals surface area (Å²) in [4.78, 5) is 10.7. The van der Waals surface area contributed by atoms with E-state index in [0.717, 1.165) is 5.69 Å². The molecule has 0 aliphatic carbocycles. The lowest BCUT2D eigenvalue weighted by molar-refractivity contribution is 1.23. The molecule has 0 radical (unpaired) electrons. The largest absolute Gasteiger partial charge is 0.312 e. The highest BCUT2D eigenvalue weighted by Gasteiger charge is 2.58. The quantitative estimate of drug-likeness (QED) is 0.165. The van der Waals surface area contributed by atoms with Crippen LogP contribution in [0.5, 0.6) is 0 Å². The maximum Gasteiger partial charge on any atom is 0.252 e. The van der Waals surface area contributed by atoms with Gasteiger partial charge in [0.1, 0.15) is 0 Å². The summed E-state index contributed by atoms with van der Waals surface area (Å²) >= 11 is 0. The monoisotopic (exact) mass is 974 g/mol. The molecule has 0 N–H and O–H groups in total. The highest BCUT2D eigenvalue weighted by Crippen LogP contribution is 2.52. The number of rotatable bonds is 3. The molecule has 7 aliphatic rings. The fraction of sp³-hybridized carbons (Fsp3) is 0.0435. The third kappa shape index (κ3) is 5.28. The summed E-state index contributed by atoms with van der Waals surface area (Å²) in [5.74, 6) is 0. The number of anilines is 12. The van der Waals surface area contributed by atoms with Gasteiger partial charge in [0, 0.05) is 68.2 Å². The van der Waals surface area contributed by atoms with Crippen molar-refractivity contribution in [2.75, 3.05) is 19.6 Å². The van der Waals surface area contributed by atoms with Crippen LogP contribution in [0, 0.1) is 20.8 Å². The van der Waals surface area contributed by atoms with Crippen molar-refractivity contribution < 1.29 is 0 Å². The molecule has 11 aromatic rings. The maximum atomic E-state index is 2.74. The second kappa shape index (κ2) is 15.0. The van der Waals surface area contributed by atoms with Crippen LogP contribution in [0.25, 0.3) is 11.1 Å². The zero-order valence-corrected chi connectivity index (χ0v) is 43.0. The lowest BCUT2D eigenvalue weighted by Gasteiger charge is -2.56. The molecule has 0 bridgehead atoms. The number of aryl methyl sites for hydroxylation is 3. The van der Waals surface area contributed by atoms with E-state index in [0.29, 0.717) is 0 Å². The zero-order chi connectivity index (χ0) is 50.5. The first-order valence-electron chi connectivity index (χ1n) is 27.4. The third-order valence-electron chi connectivity index (χ3n) is 18.5. The van der Waals surface area contributed by atoms with E-state index >= 15 is 0 Å². The van der Waals surface area contributed by atoms with E-state index < -0.39 is 0 Å². The molecular formula is C69H46B4N4. The Morgan fingerprint density at radius 3 is 1.08 bits per heavy atom. The van der Waals surface area contributed by atoms with Crippen LogP contribution >= 0.6 is 0 Å². The second-order valence-corrected chi connectivity index (χ2v) is 22.4.